The Kier molecular flexibility index (Phi) is 5.55. The number of azo groups is 1. The molecule has 0 fully saturated rings. The summed E-state index contributed by atoms with van der Waals surface area (Å²) < 4.78 is 5.67. The highest BCUT2D eigenvalue weighted by molar-refractivity contribution is 6.30. The maximum Gasteiger partial charge on any atom is 0.170 e. The zero-order valence-corrected chi connectivity index (χ0v) is 13.0. The molecule has 1 aromatic carbocycles. The molecule has 2 rings (SSSR count). The van der Waals surface area contributed by atoms with Gasteiger partial charge in [0.25, 0.3) is 0 Å². The summed E-state index contributed by atoms with van der Waals surface area (Å²) in [7, 11) is 0. The van der Waals surface area contributed by atoms with Crippen molar-refractivity contribution in [3.63, 3.8) is 0 Å². The summed E-state index contributed by atoms with van der Waals surface area (Å²) in [5, 5.41) is 8.90. The van der Waals surface area contributed by atoms with E-state index < -0.39 is 0 Å². The summed E-state index contributed by atoms with van der Waals surface area (Å²) in [6.07, 6.45) is 1.95. The van der Waals surface area contributed by atoms with Gasteiger partial charge in [0, 0.05) is 11.1 Å². The van der Waals surface area contributed by atoms with E-state index in [9.17, 15) is 0 Å². The molecule has 0 radical (unpaired) electrons. The molecule has 0 saturated carbocycles. The molecule has 1 heterocycles. The molecule has 116 valence electrons. The summed E-state index contributed by atoms with van der Waals surface area (Å²) in [6, 6.07) is 8.58. The molecule has 0 saturated heterocycles. The Morgan fingerprint density at radius 1 is 1.18 bits per heavy atom. The maximum atomic E-state index is 5.87. The Hall–Kier alpha value is -2.34. The lowest BCUT2D eigenvalue weighted by Crippen LogP contribution is -2.02. The number of halogens is 1. The van der Waals surface area contributed by atoms with Crippen molar-refractivity contribution in [3.05, 3.63) is 35.4 Å². The lowest BCUT2D eigenvalue weighted by atomic mass is 10.3. The fourth-order valence-corrected chi connectivity index (χ4v) is 1.83. The van der Waals surface area contributed by atoms with Crippen molar-refractivity contribution in [2.45, 2.75) is 19.8 Å². The van der Waals surface area contributed by atoms with Crippen LogP contribution >= 0.6 is 11.6 Å². The van der Waals surface area contributed by atoms with Crippen LogP contribution in [0.1, 0.15) is 19.8 Å². The fraction of sp³-hybridized carbons (Fsp3) is 0.267. The van der Waals surface area contributed by atoms with Gasteiger partial charge < -0.3 is 16.2 Å². The third-order valence-corrected chi connectivity index (χ3v) is 3.10. The highest BCUT2D eigenvalue weighted by atomic mass is 35.5. The third kappa shape index (κ3) is 4.33. The quantitative estimate of drug-likeness (QED) is 0.605. The molecule has 0 aliphatic carbocycles. The first kappa shape index (κ1) is 16.0. The number of hydrogen-bond acceptors (Lipinski definition) is 6. The third-order valence-electron chi connectivity index (χ3n) is 2.85. The number of hydrogen-bond donors (Lipinski definition) is 2. The van der Waals surface area contributed by atoms with Crippen LogP contribution in [0.2, 0.25) is 5.02 Å². The number of nitrogens with zero attached hydrogens (tertiary/aromatic N) is 3. The summed E-state index contributed by atoms with van der Waals surface area (Å²) >= 11 is 5.83. The molecule has 2 aromatic rings. The fourth-order valence-electron chi connectivity index (χ4n) is 1.71. The minimum Gasteiger partial charge on any atom is -0.491 e. The second kappa shape index (κ2) is 7.61. The molecule has 7 heteroatoms. The first-order valence-electron chi connectivity index (χ1n) is 6.96. The van der Waals surface area contributed by atoms with E-state index in [1.54, 1.807) is 30.3 Å². The van der Waals surface area contributed by atoms with Gasteiger partial charge in [-0.15, -0.1) is 5.11 Å². The van der Waals surface area contributed by atoms with Crippen molar-refractivity contribution in [1.29, 1.82) is 0 Å². The number of ether oxygens (including phenoxy) is 1. The molecule has 4 N–H and O–H groups in total. The number of pyridine rings is 1. The Balaban J connectivity index is 2.26. The van der Waals surface area contributed by atoms with E-state index in [0.717, 1.165) is 12.8 Å². The minimum atomic E-state index is 0.184. The summed E-state index contributed by atoms with van der Waals surface area (Å²) in [5.74, 6) is 0.954. The molecule has 1 aromatic heterocycles. The number of nitrogen functional groups attached to an aromatic ring is 2. The Labute approximate surface area is 134 Å². The van der Waals surface area contributed by atoms with E-state index in [1.165, 1.54) is 0 Å². The standard InChI is InChI=1S/C15H18ClN5O/c1-2-3-8-22-12-9-13(17)19-15(18)14(12)21-20-11-6-4-10(16)5-7-11/h4-7,9H,2-3,8H2,1H3,(H4,17,18,19). The van der Waals surface area contributed by atoms with Crippen LogP contribution in [0.3, 0.4) is 0 Å². The smallest absolute Gasteiger partial charge is 0.170 e. The molecule has 0 aliphatic heterocycles. The zero-order valence-electron chi connectivity index (χ0n) is 12.3. The van der Waals surface area contributed by atoms with Crippen molar-refractivity contribution in [2.75, 3.05) is 18.1 Å². The number of aromatic nitrogens is 1. The van der Waals surface area contributed by atoms with E-state index in [0.29, 0.717) is 28.8 Å². The second-order valence-electron chi connectivity index (χ2n) is 4.66. The first-order valence-corrected chi connectivity index (χ1v) is 7.34. The van der Waals surface area contributed by atoms with Crippen molar-refractivity contribution in [1.82, 2.24) is 4.98 Å². The molecular weight excluding hydrogens is 302 g/mol. The van der Waals surface area contributed by atoms with Gasteiger partial charge in [-0.05, 0) is 30.7 Å². The van der Waals surface area contributed by atoms with Crippen molar-refractivity contribution in [3.8, 4) is 5.75 Å². The highest BCUT2D eigenvalue weighted by Crippen LogP contribution is 2.35. The summed E-state index contributed by atoms with van der Waals surface area (Å²) in [6.45, 7) is 2.64. The van der Waals surface area contributed by atoms with E-state index in [2.05, 4.69) is 22.1 Å². The van der Waals surface area contributed by atoms with Crippen LogP contribution in [-0.4, -0.2) is 11.6 Å². The summed E-state index contributed by atoms with van der Waals surface area (Å²) in [5.41, 5.74) is 12.6. The lowest BCUT2D eigenvalue weighted by Gasteiger charge is -2.10. The maximum absolute atomic E-state index is 5.87. The van der Waals surface area contributed by atoms with E-state index in [4.69, 9.17) is 27.8 Å². The van der Waals surface area contributed by atoms with Gasteiger partial charge >= 0.3 is 0 Å². The molecule has 0 unspecified atom stereocenters. The monoisotopic (exact) mass is 319 g/mol. The predicted molar refractivity (Wildman–Crippen MR) is 89.1 cm³/mol. The van der Waals surface area contributed by atoms with Gasteiger partial charge in [0.1, 0.15) is 5.82 Å². The highest BCUT2D eigenvalue weighted by Gasteiger charge is 2.11. The molecule has 0 atom stereocenters. The first-order chi connectivity index (χ1) is 10.6. The van der Waals surface area contributed by atoms with E-state index >= 15 is 0 Å². The van der Waals surface area contributed by atoms with Crippen LogP contribution in [0.15, 0.2) is 40.6 Å². The molecular formula is C15H18ClN5O. The second-order valence-corrected chi connectivity index (χ2v) is 5.09. The molecule has 22 heavy (non-hydrogen) atoms. The van der Waals surface area contributed by atoms with Gasteiger partial charge in [-0.2, -0.15) is 5.11 Å². The number of rotatable bonds is 6. The number of benzene rings is 1. The van der Waals surface area contributed by atoms with E-state index in [-0.39, 0.29) is 11.6 Å². The van der Waals surface area contributed by atoms with Crippen LogP contribution in [0.4, 0.5) is 23.0 Å². The topological polar surface area (TPSA) is 98.9 Å². The SMILES string of the molecule is CCCCOc1cc(N)nc(N)c1N=Nc1ccc(Cl)cc1. The lowest BCUT2D eigenvalue weighted by molar-refractivity contribution is 0.310. The van der Waals surface area contributed by atoms with E-state index in [1.807, 2.05) is 0 Å². The van der Waals surface area contributed by atoms with Gasteiger partial charge in [0.2, 0.25) is 0 Å². The van der Waals surface area contributed by atoms with Crippen LogP contribution in [0, 0.1) is 0 Å². The van der Waals surface area contributed by atoms with Gasteiger partial charge in [-0.1, -0.05) is 24.9 Å². The molecule has 0 spiro atoms. The van der Waals surface area contributed by atoms with Gasteiger partial charge in [-0.3, -0.25) is 0 Å². The molecule has 0 bridgehead atoms. The van der Waals surface area contributed by atoms with Crippen LogP contribution in [0.25, 0.3) is 0 Å². The summed E-state index contributed by atoms with van der Waals surface area (Å²) in [4.78, 5) is 3.99. The Morgan fingerprint density at radius 3 is 2.59 bits per heavy atom. The normalized spacial score (nSPS) is 11.0. The van der Waals surface area contributed by atoms with Crippen LogP contribution in [-0.2, 0) is 0 Å². The van der Waals surface area contributed by atoms with Gasteiger partial charge in [0.05, 0.1) is 12.3 Å². The van der Waals surface area contributed by atoms with Crippen molar-refractivity contribution < 1.29 is 4.74 Å². The average Bonchev–Trinajstić information content (AvgIpc) is 2.48. The number of anilines is 2. The average molecular weight is 320 g/mol. The number of unbranched alkanes of at least 4 members (excludes halogenated alkanes) is 1. The largest absolute Gasteiger partial charge is 0.491 e. The van der Waals surface area contributed by atoms with Crippen LogP contribution < -0.4 is 16.2 Å². The Morgan fingerprint density at radius 2 is 1.91 bits per heavy atom. The van der Waals surface area contributed by atoms with Gasteiger partial charge in [-0.25, -0.2) is 4.98 Å². The van der Waals surface area contributed by atoms with Crippen molar-refractivity contribution in [2.24, 2.45) is 10.2 Å². The Bertz CT molecular complexity index is 658. The van der Waals surface area contributed by atoms with Gasteiger partial charge in [0.15, 0.2) is 17.3 Å². The molecule has 6 nitrogen and oxygen atoms in total. The molecule has 0 amide bonds. The zero-order chi connectivity index (χ0) is 15.9. The predicted octanol–water partition coefficient (Wildman–Crippen LogP) is 4.49. The van der Waals surface area contributed by atoms with Crippen LogP contribution in [0.5, 0.6) is 5.75 Å². The molecule has 0 aliphatic rings. The van der Waals surface area contributed by atoms with Crippen molar-refractivity contribution >= 4 is 34.6 Å². The number of nitrogens with two attached hydrogens (primary N) is 2. The minimum absolute atomic E-state index is 0.184.